The number of hydrogen-bond acceptors (Lipinski definition) is 2. The molecule has 74 heavy (non-hydrogen) atoms. The van der Waals surface area contributed by atoms with E-state index in [0.717, 1.165) is 60.4 Å². The number of nitriles is 2. The minimum Gasteiger partial charge on any atom is -0.307 e. The summed E-state index contributed by atoms with van der Waals surface area (Å²) in [5.41, 5.74) is 19.2. The Morgan fingerprint density at radius 1 is 0.297 bits per heavy atom. The minimum atomic E-state index is -0.601. The van der Waals surface area contributed by atoms with Crippen LogP contribution in [-0.2, 0) is 10.8 Å². The molecule has 13 aromatic rings. The molecule has 0 radical (unpaired) electrons. The zero-order chi connectivity index (χ0) is 49.1. The van der Waals surface area contributed by atoms with Crippen molar-refractivity contribution < 1.29 is 0 Å². The van der Waals surface area contributed by atoms with Crippen LogP contribution in [0.15, 0.2) is 255 Å². The molecule has 2 aliphatic rings. The van der Waals surface area contributed by atoms with E-state index in [0.29, 0.717) is 16.8 Å². The van der Waals surface area contributed by atoms with Crippen molar-refractivity contribution in [3.05, 3.63) is 310 Å². The van der Waals surface area contributed by atoms with Gasteiger partial charge in [-0.05, 0) is 115 Å². The van der Waals surface area contributed by atoms with E-state index in [1.54, 1.807) is 0 Å². The second-order valence-electron chi connectivity index (χ2n) is 19.7. The lowest BCUT2D eigenvalue weighted by Gasteiger charge is -2.34. The summed E-state index contributed by atoms with van der Waals surface area (Å²) >= 11 is 0. The van der Waals surface area contributed by atoms with Gasteiger partial charge in [-0.1, -0.05) is 206 Å². The molecule has 0 aliphatic heterocycles. The summed E-state index contributed by atoms with van der Waals surface area (Å²) in [6, 6.07) is 97.0. The van der Waals surface area contributed by atoms with Gasteiger partial charge in [0, 0.05) is 21.5 Å². The van der Waals surface area contributed by atoms with E-state index < -0.39 is 10.8 Å². The molecule has 0 atom stereocenters. The van der Waals surface area contributed by atoms with Crippen LogP contribution >= 0.6 is 0 Å². The lowest BCUT2D eigenvalue weighted by Crippen LogP contribution is -2.28. The van der Waals surface area contributed by atoms with Crippen LogP contribution in [0.4, 0.5) is 0 Å². The normalized spacial score (nSPS) is 13.6. The molecule has 0 saturated carbocycles. The molecule has 0 unspecified atom stereocenters. The van der Waals surface area contributed by atoms with Crippen LogP contribution in [-0.4, -0.2) is 9.13 Å². The van der Waals surface area contributed by atoms with Crippen LogP contribution < -0.4 is 0 Å². The summed E-state index contributed by atoms with van der Waals surface area (Å²) in [6.07, 6.45) is 0. The Morgan fingerprint density at radius 2 is 0.689 bits per heavy atom. The second-order valence-corrected chi connectivity index (χ2v) is 19.7. The first-order valence-corrected chi connectivity index (χ1v) is 25.2. The van der Waals surface area contributed by atoms with E-state index in [1.807, 2.05) is 6.07 Å². The minimum absolute atomic E-state index is 0.320. The maximum absolute atomic E-state index is 11.5. The average molecular weight is 939 g/mol. The molecule has 0 saturated heterocycles. The molecule has 0 N–H and O–H groups in total. The van der Waals surface area contributed by atoms with Gasteiger partial charge in [0.2, 0.25) is 0 Å². The predicted molar refractivity (Wildman–Crippen MR) is 299 cm³/mol. The van der Waals surface area contributed by atoms with Gasteiger partial charge in [-0.15, -0.1) is 0 Å². The number of benzene rings is 11. The van der Waals surface area contributed by atoms with Crippen molar-refractivity contribution in [3.63, 3.8) is 0 Å². The fourth-order valence-electron chi connectivity index (χ4n) is 13.5. The third-order valence-corrected chi connectivity index (χ3v) is 16.4. The average Bonchev–Trinajstić information content (AvgIpc) is 4.19. The van der Waals surface area contributed by atoms with E-state index in [4.69, 9.17) is 0 Å². The van der Waals surface area contributed by atoms with Crippen molar-refractivity contribution in [2.75, 3.05) is 0 Å². The maximum Gasteiger partial charge on any atom is 0.103 e. The molecule has 0 bridgehead atoms. The zero-order valence-corrected chi connectivity index (χ0v) is 40.0. The van der Waals surface area contributed by atoms with Crippen LogP contribution in [0.1, 0.15) is 55.6 Å². The van der Waals surface area contributed by atoms with Crippen LogP contribution in [0.3, 0.4) is 0 Å². The third-order valence-electron chi connectivity index (χ3n) is 16.4. The first kappa shape index (κ1) is 41.8. The Morgan fingerprint density at radius 3 is 1.14 bits per heavy atom. The number of para-hydroxylation sites is 2. The highest BCUT2D eigenvalue weighted by atomic mass is 15.1. The third kappa shape index (κ3) is 5.38. The first-order valence-electron chi connectivity index (χ1n) is 25.2. The largest absolute Gasteiger partial charge is 0.307 e. The van der Waals surface area contributed by atoms with Crippen molar-refractivity contribution in [1.29, 1.82) is 10.5 Å². The molecule has 2 aromatic heterocycles. The monoisotopic (exact) mass is 938 g/mol. The molecule has 4 heteroatoms. The fourth-order valence-corrected chi connectivity index (χ4v) is 13.5. The summed E-state index contributed by atoms with van der Waals surface area (Å²) in [7, 11) is 0. The summed E-state index contributed by atoms with van der Waals surface area (Å²) < 4.78 is 4.61. The SMILES string of the molecule is N#Cc1ccc(-n2c3ccccc3c3cc4c(cc32)-c2ccccc2C4(c2ccccc2)c2ccccc2)c(-n2c3ccccc3c3cc4c(cc32)-c2ccccc2C4(c2ccccc2)c2ccccc2)c1C#N. The Labute approximate surface area is 428 Å². The number of rotatable bonds is 6. The number of fused-ring (bicyclic) bond motifs is 12. The highest BCUT2D eigenvalue weighted by Gasteiger charge is 2.48. The van der Waals surface area contributed by atoms with E-state index in [2.05, 4.69) is 270 Å². The van der Waals surface area contributed by atoms with E-state index in [-0.39, 0.29) is 0 Å². The lowest BCUT2D eigenvalue weighted by molar-refractivity contribution is 0.769. The van der Waals surface area contributed by atoms with E-state index in [9.17, 15) is 10.5 Å². The Balaban J connectivity index is 1.07. The van der Waals surface area contributed by atoms with Gasteiger partial charge in [-0.25, -0.2) is 0 Å². The Kier molecular flexibility index (Phi) is 8.89. The van der Waals surface area contributed by atoms with Gasteiger partial charge in [0.25, 0.3) is 0 Å². The highest BCUT2D eigenvalue weighted by molar-refractivity contribution is 6.14. The second kappa shape index (κ2) is 15.8. The molecule has 2 aliphatic carbocycles. The van der Waals surface area contributed by atoms with Gasteiger partial charge >= 0.3 is 0 Å². The van der Waals surface area contributed by atoms with Gasteiger partial charge in [-0.3, -0.25) is 0 Å². The standard InChI is InChI=1S/C70H42N4/c71-43-45-37-38-65(73-63-35-19-15-31-52(63)56-39-61-54(41-66(56)73)50-29-13-17-33-59(50)69(61,46-21-5-1-6-22-46)47-23-7-2-8-24-47)68(58(45)44-72)74-64-36-20-16-32-53(64)57-40-62-55(42-67(57)74)51-30-14-18-34-60(51)70(62,48-25-9-3-10-26-48)49-27-11-4-12-28-49/h1-42H. The zero-order valence-electron chi connectivity index (χ0n) is 40.0. The molecule has 11 aromatic carbocycles. The lowest BCUT2D eigenvalue weighted by atomic mass is 9.67. The smallest absolute Gasteiger partial charge is 0.103 e. The van der Waals surface area contributed by atoms with Crippen LogP contribution in [0, 0.1) is 22.7 Å². The van der Waals surface area contributed by atoms with Crippen molar-refractivity contribution in [3.8, 4) is 45.8 Å². The topological polar surface area (TPSA) is 57.4 Å². The molecular formula is C70H42N4. The molecular weight excluding hydrogens is 897 g/mol. The number of aromatic nitrogens is 2. The van der Waals surface area contributed by atoms with Crippen LogP contribution in [0.2, 0.25) is 0 Å². The van der Waals surface area contributed by atoms with Crippen molar-refractivity contribution >= 4 is 43.6 Å². The fraction of sp³-hybridized carbons (Fsp3) is 0.0286. The Hall–Kier alpha value is -10.0. The summed E-state index contributed by atoms with van der Waals surface area (Å²) in [5.74, 6) is 0. The molecule has 2 heterocycles. The summed E-state index contributed by atoms with van der Waals surface area (Å²) in [4.78, 5) is 0. The molecule has 15 rings (SSSR count). The van der Waals surface area contributed by atoms with Crippen molar-refractivity contribution in [2.24, 2.45) is 0 Å². The molecule has 342 valence electrons. The van der Waals surface area contributed by atoms with Crippen molar-refractivity contribution in [2.45, 2.75) is 10.8 Å². The van der Waals surface area contributed by atoms with Crippen molar-refractivity contribution in [1.82, 2.24) is 9.13 Å². The maximum atomic E-state index is 11.5. The molecule has 0 fully saturated rings. The van der Waals surface area contributed by atoms with Gasteiger partial charge in [0.1, 0.15) is 12.1 Å². The predicted octanol–water partition coefficient (Wildman–Crippen LogP) is 16.4. The molecule has 0 amide bonds. The first-order chi connectivity index (χ1) is 36.7. The van der Waals surface area contributed by atoms with Crippen LogP contribution in [0.25, 0.3) is 77.2 Å². The quantitative estimate of drug-likeness (QED) is 0.167. The Bertz CT molecular complexity index is 4470. The van der Waals surface area contributed by atoms with Crippen LogP contribution in [0.5, 0.6) is 0 Å². The molecule has 0 spiro atoms. The number of nitrogens with zero attached hydrogens (tertiary/aromatic N) is 4. The van der Waals surface area contributed by atoms with Gasteiger partial charge in [0.15, 0.2) is 0 Å². The van der Waals surface area contributed by atoms with Gasteiger partial charge in [0.05, 0.1) is 55.4 Å². The van der Waals surface area contributed by atoms with Gasteiger partial charge in [-0.2, -0.15) is 10.5 Å². The van der Waals surface area contributed by atoms with E-state index >= 15 is 0 Å². The van der Waals surface area contributed by atoms with E-state index in [1.165, 1.54) is 55.6 Å². The summed E-state index contributed by atoms with van der Waals surface area (Å²) in [5, 5.41) is 26.7. The highest BCUT2D eigenvalue weighted by Crippen LogP contribution is 2.59. The number of hydrogen-bond donors (Lipinski definition) is 0. The van der Waals surface area contributed by atoms with Gasteiger partial charge < -0.3 is 9.13 Å². The molecule has 4 nitrogen and oxygen atoms in total. The summed E-state index contributed by atoms with van der Waals surface area (Å²) in [6.45, 7) is 0.